The van der Waals surface area contributed by atoms with Crippen LogP contribution < -0.4 is 11.1 Å². The Morgan fingerprint density at radius 3 is 2.48 bits per heavy atom. The summed E-state index contributed by atoms with van der Waals surface area (Å²) in [6, 6.07) is 11.7. The van der Waals surface area contributed by atoms with Gasteiger partial charge >= 0.3 is 6.55 Å². The van der Waals surface area contributed by atoms with Crippen molar-refractivity contribution in [1.29, 1.82) is 0 Å². The van der Waals surface area contributed by atoms with Crippen LogP contribution in [0.5, 0.6) is 0 Å². The van der Waals surface area contributed by atoms with Crippen LogP contribution in [0.25, 0.3) is 11.0 Å². The third-order valence-electron chi connectivity index (χ3n) is 4.77. The molecule has 0 amide bonds. The van der Waals surface area contributed by atoms with Crippen molar-refractivity contribution in [3.05, 3.63) is 71.0 Å². The number of aromatic nitrogens is 2. The standard InChI is InChI=1S/C16H14ClF2N3.C6H11N.C2H6/c1-10-9-22(16(18)19)15-12(7-13(17)21-14(10)15)20-8-11-5-3-2-4-6-11;7-6-4-2-1-3-5-6;1-2/h2-7,9,16H,8H2,1H3,(H,20,21);1-2,6H,3-5,7H2;1-2H3. The fourth-order valence-electron chi connectivity index (χ4n) is 3.28. The predicted molar refractivity (Wildman–Crippen MR) is 127 cm³/mol. The number of fused-ring (bicyclic) bond motifs is 1. The highest BCUT2D eigenvalue weighted by atomic mass is 35.5. The molecule has 4 nitrogen and oxygen atoms in total. The zero-order valence-electron chi connectivity index (χ0n) is 18.3. The Bertz CT molecular complexity index is 971. The van der Waals surface area contributed by atoms with Gasteiger partial charge < -0.3 is 11.1 Å². The minimum atomic E-state index is -2.63. The van der Waals surface area contributed by atoms with Crippen molar-refractivity contribution in [2.45, 2.75) is 59.2 Å². The molecule has 0 saturated heterocycles. The molecule has 1 aliphatic carbocycles. The van der Waals surface area contributed by atoms with E-state index in [0.29, 0.717) is 34.9 Å². The molecule has 0 fully saturated rings. The van der Waals surface area contributed by atoms with Crippen molar-refractivity contribution < 1.29 is 8.78 Å². The summed E-state index contributed by atoms with van der Waals surface area (Å²) >= 11 is 6.02. The average molecular weight is 449 g/mol. The first kappa shape index (κ1) is 24.8. The molecular formula is C24H31ClF2N4. The lowest BCUT2D eigenvalue weighted by atomic mass is 10.0. The number of alkyl halides is 2. The van der Waals surface area contributed by atoms with E-state index in [1.165, 1.54) is 19.0 Å². The van der Waals surface area contributed by atoms with Gasteiger partial charge in [-0.15, -0.1) is 0 Å². The minimum Gasteiger partial charge on any atom is -0.379 e. The van der Waals surface area contributed by atoms with Gasteiger partial charge in [-0.1, -0.05) is 67.9 Å². The van der Waals surface area contributed by atoms with E-state index < -0.39 is 6.55 Å². The van der Waals surface area contributed by atoms with Crippen LogP contribution in [0.3, 0.4) is 0 Å². The Kier molecular flexibility index (Phi) is 9.95. The lowest BCUT2D eigenvalue weighted by Gasteiger charge is -2.11. The highest BCUT2D eigenvalue weighted by molar-refractivity contribution is 6.30. The molecule has 2 heterocycles. The van der Waals surface area contributed by atoms with Crippen LogP contribution in [0.1, 0.15) is 50.8 Å². The zero-order valence-corrected chi connectivity index (χ0v) is 19.0. The second kappa shape index (κ2) is 12.4. The molecular weight excluding hydrogens is 418 g/mol. The van der Waals surface area contributed by atoms with Gasteiger partial charge in [0, 0.05) is 24.8 Å². The highest BCUT2D eigenvalue weighted by Crippen LogP contribution is 2.32. The normalized spacial score (nSPS) is 15.2. The van der Waals surface area contributed by atoms with Gasteiger partial charge in [0.25, 0.3) is 0 Å². The Hall–Kier alpha value is -2.44. The SMILES string of the molecule is CC.Cc1cn(C(F)F)c2c(NCc3ccccc3)cc(Cl)nc12.NC1CC=CCC1. The van der Waals surface area contributed by atoms with Crippen molar-refractivity contribution in [3.63, 3.8) is 0 Å². The second-order valence-electron chi connectivity index (χ2n) is 7.07. The number of nitrogens with one attached hydrogen (secondary N) is 1. The van der Waals surface area contributed by atoms with Crippen LogP contribution in [0.4, 0.5) is 14.5 Å². The largest absolute Gasteiger partial charge is 0.379 e. The second-order valence-corrected chi connectivity index (χ2v) is 7.46. The maximum Gasteiger partial charge on any atom is 0.319 e. The first-order valence-corrected chi connectivity index (χ1v) is 11.0. The number of hydrogen-bond acceptors (Lipinski definition) is 3. The zero-order chi connectivity index (χ0) is 22.8. The van der Waals surface area contributed by atoms with Crippen LogP contribution >= 0.6 is 11.6 Å². The Morgan fingerprint density at radius 2 is 1.94 bits per heavy atom. The monoisotopic (exact) mass is 448 g/mol. The minimum absolute atomic E-state index is 0.276. The third-order valence-corrected chi connectivity index (χ3v) is 4.97. The van der Waals surface area contributed by atoms with Crippen LogP contribution in [0.15, 0.2) is 54.7 Å². The van der Waals surface area contributed by atoms with Gasteiger partial charge in [-0.3, -0.25) is 4.57 Å². The summed E-state index contributed by atoms with van der Waals surface area (Å²) < 4.78 is 27.4. The number of halogens is 3. The number of nitrogens with zero attached hydrogens (tertiary/aromatic N) is 2. The van der Waals surface area contributed by atoms with E-state index in [0.717, 1.165) is 16.6 Å². The quantitative estimate of drug-likeness (QED) is 0.331. The van der Waals surface area contributed by atoms with Crippen molar-refractivity contribution in [2.75, 3.05) is 5.32 Å². The molecule has 0 spiro atoms. The smallest absolute Gasteiger partial charge is 0.319 e. The summed E-state index contributed by atoms with van der Waals surface area (Å²) in [7, 11) is 0. The molecule has 1 aliphatic rings. The van der Waals surface area contributed by atoms with Crippen LogP contribution in [-0.4, -0.2) is 15.6 Å². The first-order valence-electron chi connectivity index (χ1n) is 10.6. The maximum atomic E-state index is 13.2. The number of pyridine rings is 1. The number of nitrogens with two attached hydrogens (primary N) is 1. The van der Waals surface area contributed by atoms with E-state index in [-0.39, 0.29) is 5.15 Å². The van der Waals surface area contributed by atoms with E-state index in [4.69, 9.17) is 17.3 Å². The van der Waals surface area contributed by atoms with Crippen LogP contribution in [-0.2, 0) is 6.54 Å². The molecule has 1 aromatic carbocycles. The van der Waals surface area contributed by atoms with E-state index in [1.54, 1.807) is 13.0 Å². The fourth-order valence-corrected chi connectivity index (χ4v) is 3.47. The average Bonchev–Trinajstić information content (AvgIpc) is 3.12. The summed E-state index contributed by atoms with van der Waals surface area (Å²) in [5, 5.41) is 3.45. The van der Waals surface area contributed by atoms with E-state index in [9.17, 15) is 8.78 Å². The topological polar surface area (TPSA) is 55.9 Å². The van der Waals surface area contributed by atoms with Crippen molar-refractivity contribution in [1.82, 2.24) is 9.55 Å². The molecule has 0 aliphatic heterocycles. The van der Waals surface area contributed by atoms with Gasteiger partial charge in [0.05, 0.1) is 16.7 Å². The lowest BCUT2D eigenvalue weighted by Crippen LogP contribution is -2.19. The molecule has 0 radical (unpaired) electrons. The fraction of sp³-hybridized carbons (Fsp3) is 0.375. The maximum absolute atomic E-state index is 13.2. The summed E-state index contributed by atoms with van der Waals surface area (Å²) in [5.74, 6) is 0. The molecule has 168 valence electrons. The number of hydrogen-bond donors (Lipinski definition) is 2. The predicted octanol–water partition coefficient (Wildman–Crippen LogP) is 7.09. The Balaban J connectivity index is 0.000000319. The van der Waals surface area contributed by atoms with Crippen LogP contribution in [0, 0.1) is 6.92 Å². The Labute approximate surface area is 188 Å². The molecule has 3 aromatic rings. The molecule has 0 bridgehead atoms. The van der Waals surface area contributed by atoms with Crippen LogP contribution in [0.2, 0.25) is 5.15 Å². The van der Waals surface area contributed by atoms with Gasteiger partial charge in [-0.05, 0) is 37.3 Å². The molecule has 7 heteroatoms. The number of rotatable bonds is 4. The molecule has 2 aromatic heterocycles. The van der Waals surface area contributed by atoms with Gasteiger partial charge in [-0.2, -0.15) is 8.78 Å². The lowest BCUT2D eigenvalue weighted by molar-refractivity contribution is 0.0752. The van der Waals surface area contributed by atoms with Crippen molar-refractivity contribution >= 4 is 28.3 Å². The Morgan fingerprint density at radius 1 is 1.23 bits per heavy atom. The van der Waals surface area contributed by atoms with E-state index >= 15 is 0 Å². The number of anilines is 1. The summed E-state index contributed by atoms with van der Waals surface area (Å²) in [4.78, 5) is 4.17. The summed E-state index contributed by atoms with van der Waals surface area (Å²) in [6.07, 6.45) is 9.20. The number of allylic oxidation sites excluding steroid dienone is 1. The third kappa shape index (κ3) is 7.04. The van der Waals surface area contributed by atoms with Gasteiger partial charge in [0.1, 0.15) is 5.15 Å². The van der Waals surface area contributed by atoms with Crippen molar-refractivity contribution in [3.8, 4) is 0 Å². The van der Waals surface area contributed by atoms with Crippen molar-refractivity contribution in [2.24, 2.45) is 5.73 Å². The van der Waals surface area contributed by atoms with E-state index in [2.05, 4.69) is 22.5 Å². The molecule has 0 saturated carbocycles. The van der Waals surface area contributed by atoms with Gasteiger partial charge in [0.15, 0.2) is 0 Å². The molecule has 1 unspecified atom stereocenters. The highest BCUT2D eigenvalue weighted by Gasteiger charge is 2.17. The molecule has 1 atom stereocenters. The number of aryl methyl sites for hydroxylation is 1. The summed E-state index contributed by atoms with van der Waals surface area (Å²) in [6.45, 7) is 3.63. The molecule has 3 N–H and O–H groups in total. The van der Waals surface area contributed by atoms with Gasteiger partial charge in [-0.25, -0.2) is 4.98 Å². The number of benzene rings is 1. The molecule has 31 heavy (non-hydrogen) atoms. The van der Waals surface area contributed by atoms with E-state index in [1.807, 2.05) is 44.2 Å². The first-order chi connectivity index (χ1) is 15.0. The summed E-state index contributed by atoms with van der Waals surface area (Å²) in [5.41, 5.74) is 8.71. The van der Waals surface area contributed by atoms with Gasteiger partial charge in [0.2, 0.25) is 0 Å². The molecule has 4 rings (SSSR count).